The first-order chi connectivity index (χ1) is 14.1. The van der Waals surface area contributed by atoms with E-state index in [1.165, 1.54) is 24.4 Å². The normalized spacial score (nSPS) is 23.1. The van der Waals surface area contributed by atoms with E-state index < -0.39 is 30.3 Å². The fraction of sp³-hybridized carbons (Fsp3) is 0.400. The van der Waals surface area contributed by atoms with Crippen molar-refractivity contribution >= 4 is 23.2 Å². The molecule has 0 spiro atoms. The second kappa shape index (κ2) is 7.48. The van der Waals surface area contributed by atoms with Crippen LogP contribution >= 0.6 is 11.6 Å². The number of likely N-dealkylation sites (tertiary alicyclic amines) is 1. The van der Waals surface area contributed by atoms with Gasteiger partial charge in [0, 0.05) is 20.4 Å². The van der Waals surface area contributed by atoms with E-state index in [0.717, 1.165) is 5.56 Å². The zero-order chi connectivity index (χ0) is 21.6. The molecule has 1 saturated heterocycles. The zero-order valence-corrected chi connectivity index (χ0v) is 15.9. The Balaban J connectivity index is 1.50. The summed E-state index contributed by atoms with van der Waals surface area (Å²) in [6, 6.07) is 3.65. The predicted octanol–water partition coefficient (Wildman–Crippen LogP) is 4.68. The number of alkyl halides is 3. The van der Waals surface area contributed by atoms with E-state index in [4.69, 9.17) is 13.0 Å². The molecule has 3 atom stereocenters. The Kier molecular flexibility index (Phi) is 4.81. The molecule has 1 fully saturated rings. The summed E-state index contributed by atoms with van der Waals surface area (Å²) < 4.78 is 62.7. The van der Waals surface area contributed by atoms with Crippen LogP contribution in [-0.2, 0) is 17.6 Å². The molecule has 154 valence electrons. The van der Waals surface area contributed by atoms with Crippen LogP contribution in [-0.4, -0.2) is 34.6 Å². The third-order valence-electron chi connectivity index (χ3n) is 5.24. The van der Waals surface area contributed by atoms with Crippen molar-refractivity contribution in [1.82, 2.24) is 9.88 Å². The summed E-state index contributed by atoms with van der Waals surface area (Å²) in [7, 11) is 0. The van der Waals surface area contributed by atoms with Gasteiger partial charge in [-0.15, -0.1) is 0 Å². The van der Waals surface area contributed by atoms with Crippen molar-refractivity contribution in [3.63, 3.8) is 0 Å². The lowest BCUT2D eigenvalue weighted by Crippen LogP contribution is -2.39. The molecule has 2 aliphatic rings. The summed E-state index contributed by atoms with van der Waals surface area (Å²) in [5, 5.41) is 3.22. The number of carbonyl (C=O) groups excluding carboxylic acids is 1. The number of pyridine rings is 1. The smallest absolute Gasteiger partial charge is 0.380 e. The van der Waals surface area contributed by atoms with Crippen molar-refractivity contribution in [2.24, 2.45) is 0 Å². The molecule has 9 heteroatoms. The largest absolute Gasteiger partial charge is 0.414 e. The van der Waals surface area contributed by atoms with Crippen LogP contribution in [0.15, 0.2) is 30.5 Å². The van der Waals surface area contributed by atoms with Gasteiger partial charge in [-0.05, 0) is 48.6 Å². The highest BCUT2D eigenvalue weighted by atomic mass is 35.5. The van der Waals surface area contributed by atoms with E-state index in [1.807, 2.05) is 0 Å². The number of nitrogens with zero attached hydrogens (tertiary/aromatic N) is 2. The van der Waals surface area contributed by atoms with Gasteiger partial charge >= 0.3 is 6.18 Å². The van der Waals surface area contributed by atoms with Gasteiger partial charge < -0.3 is 10.2 Å². The van der Waals surface area contributed by atoms with E-state index in [-0.39, 0.29) is 29.7 Å². The van der Waals surface area contributed by atoms with Gasteiger partial charge in [0.25, 0.3) is 0 Å². The monoisotopic (exact) mass is 428 g/mol. The summed E-state index contributed by atoms with van der Waals surface area (Å²) >= 11 is 5.82. The van der Waals surface area contributed by atoms with E-state index >= 15 is 0 Å². The highest BCUT2D eigenvalue weighted by Crippen LogP contribution is 2.39. The third kappa shape index (κ3) is 3.90. The number of hydrogen-bond donors (Lipinski definition) is 1. The van der Waals surface area contributed by atoms with Crippen molar-refractivity contribution < 1.29 is 23.7 Å². The van der Waals surface area contributed by atoms with Crippen LogP contribution in [0.5, 0.6) is 0 Å². The highest BCUT2D eigenvalue weighted by Gasteiger charge is 2.48. The van der Waals surface area contributed by atoms with E-state index in [0.29, 0.717) is 29.0 Å². The predicted molar refractivity (Wildman–Crippen MR) is 100 cm³/mol. The Hall–Kier alpha value is -2.35. The molecule has 0 saturated carbocycles. The minimum atomic E-state index is -4.70. The first-order valence-corrected chi connectivity index (χ1v) is 9.50. The second-order valence-electron chi connectivity index (χ2n) is 7.19. The maximum absolute atomic E-state index is 14.2. The van der Waals surface area contributed by atoms with Gasteiger partial charge in [0.05, 0.1) is 22.6 Å². The van der Waals surface area contributed by atoms with Gasteiger partial charge in [-0.1, -0.05) is 17.7 Å². The molecule has 4 rings (SSSR count). The zero-order valence-electron chi connectivity index (χ0n) is 16.1. The Morgan fingerprint density at radius 2 is 2.07 bits per heavy atom. The average Bonchev–Trinajstić information content (AvgIpc) is 3.24. The van der Waals surface area contributed by atoms with Crippen LogP contribution in [0.1, 0.15) is 37.1 Å². The molecule has 2 aromatic rings. The van der Waals surface area contributed by atoms with E-state index in [1.54, 1.807) is 6.07 Å². The van der Waals surface area contributed by atoms with Gasteiger partial charge in [0.2, 0.25) is 5.91 Å². The number of hydrogen-bond acceptors (Lipinski definition) is 3. The number of nitrogens with one attached hydrogen (secondary N) is 1. The molecule has 4 nitrogen and oxygen atoms in total. The van der Waals surface area contributed by atoms with Crippen LogP contribution in [0.3, 0.4) is 0 Å². The standard InChI is InChI=1S/C20H18ClF4N3O/c21-15-5-3-11-8-13(9-14(11)18(15)22)27-12-4-6-16(26-10-12)19(20(23,24)25)28-7-1-2-17(28)29/h3-6,10,13,19,27H,1-2,7-9H2/t13?,19-/m0/s1/i2D/t2-,13?,19-. The Labute approximate surface area is 171 Å². The van der Waals surface area contributed by atoms with E-state index in [2.05, 4.69) is 10.3 Å². The SMILES string of the molecule is [2H][C@H]1CCN([C@@H](c2ccc(NC3Cc4ccc(Cl)c(F)c4C3)cn2)C(F)(F)F)C1=O. The van der Waals surface area contributed by atoms with Gasteiger partial charge in [0.1, 0.15) is 5.82 Å². The molecular weight excluding hydrogens is 410 g/mol. The number of anilines is 1. The Morgan fingerprint density at radius 3 is 2.69 bits per heavy atom. The molecule has 1 aliphatic heterocycles. The maximum atomic E-state index is 14.2. The summed E-state index contributed by atoms with van der Waals surface area (Å²) in [5.41, 5.74) is 1.57. The molecule has 1 amide bonds. The lowest BCUT2D eigenvalue weighted by atomic mass is 10.1. The van der Waals surface area contributed by atoms with Gasteiger partial charge in [-0.25, -0.2) is 4.39 Å². The molecule has 1 aliphatic carbocycles. The molecule has 0 radical (unpaired) electrons. The molecule has 0 bridgehead atoms. The van der Waals surface area contributed by atoms with Crippen LogP contribution in [0.4, 0.5) is 23.2 Å². The van der Waals surface area contributed by atoms with Crippen molar-refractivity contribution in [3.8, 4) is 0 Å². The third-order valence-corrected chi connectivity index (χ3v) is 5.53. The molecular formula is C20H18ClF4N3O. The van der Waals surface area contributed by atoms with Crippen LogP contribution in [0.25, 0.3) is 0 Å². The summed E-state index contributed by atoms with van der Waals surface area (Å²) in [5.74, 6) is -1.28. The average molecular weight is 429 g/mol. The van der Waals surface area contributed by atoms with Crippen molar-refractivity contribution in [2.45, 2.75) is 43.9 Å². The topological polar surface area (TPSA) is 45.2 Å². The summed E-state index contributed by atoms with van der Waals surface area (Å²) in [6.45, 7) is -0.132. The molecule has 1 unspecified atom stereocenters. The van der Waals surface area contributed by atoms with Gasteiger partial charge in [0.15, 0.2) is 6.04 Å². The number of amides is 1. The molecule has 29 heavy (non-hydrogen) atoms. The Bertz CT molecular complexity index is 970. The second-order valence-corrected chi connectivity index (χ2v) is 7.60. The van der Waals surface area contributed by atoms with Crippen LogP contribution in [0, 0.1) is 5.82 Å². The van der Waals surface area contributed by atoms with Crippen LogP contribution < -0.4 is 5.32 Å². The lowest BCUT2D eigenvalue weighted by molar-refractivity contribution is -0.189. The first-order valence-electron chi connectivity index (χ1n) is 9.70. The fourth-order valence-corrected chi connectivity index (χ4v) is 4.11. The molecule has 1 aromatic carbocycles. The number of halogens is 5. The number of rotatable bonds is 4. The quantitative estimate of drug-likeness (QED) is 0.719. The maximum Gasteiger partial charge on any atom is 0.414 e. The summed E-state index contributed by atoms with van der Waals surface area (Å²) in [6.07, 6.45) is -3.57. The van der Waals surface area contributed by atoms with Crippen molar-refractivity contribution in [2.75, 3.05) is 11.9 Å². The van der Waals surface area contributed by atoms with Gasteiger partial charge in [-0.2, -0.15) is 13.2 Å². The Morgan fingerprint density at radius 1 is 1.28 bits per heavy atom. The fourth-order valence-electron chi connectivity index (χ4n) is 3.93. The van der Waals surface area contributed by atoms with Crippen molar-refractivity contribution in [3.05, 3.63) is 58.1 Å². The molecule has 1 N–H and O–H groups in total. The number of benzene rings is 1. The minimum absolute atomic E-state index is 0.0602. The lowest BCUT2D eigenvalue weighted by Gasteiger charge is -2.29. The molecule has 1 aromatic heterocycles. The highest BCUT2D eigenvalue weighted by molar-refractivity contribution is 6.30. The van der Waals surface area contributed by atoms with E-state index in [9.17, 15) is 22.4 Å². The number of fused-ring (bicyclic) bond motifs is 1. The number of carbonyl (C=O) groups is 1. The van der Waals surface area contributed by atoms with Gasteiger partial charge in [-0.3, -0.25) is 9.78 Å². The first kappa shape index (κ1) is 18.7. The summed E-state index contributed by atoms with van der Waals surface area (Å²) in [4.78, 5) is 16.6. The van der Waals surface area contributed by atoms with Crippen molar-refractivity contribution in [1.29, 1.82) is 0 Å². The van der Waals surface area contributed by atoms with Crippen LogP contribution in [0.2, 0.25) is 5.02 Å². The number of aromatic nitrogens is 1. The minimum Gasteiger partial charge on any atom is -0.380 e. The molecule has 2 heterocycles.